The number of rotatable bonds is 3. The van der Waals surface area contributed by atoms with Crippen molar-refractivity contribution in [1.29, 1.82) is 0 Å². The monoisotopic (exact) mass is 314 g/mol. The van der Waals surface area contributed by atoms with Crippen LogP contribution in [0.1, 0.15) is 35.1 Å². The quantitative estimate of drug-likeness (QED) is 0.839. The molecule has 0 fully saturated rings. The number of furan rings is 1. The van der Waals surface area contributed by atoms with E-state index in [1.165, 1.54) is 47.0 Å². The van der Waals surface area contributed by atoms with E-state index in [0.717, 1.165) is 31.4 Å². The molecule has 0 aliphatic heterocycles. The van der Waals surface area contributed by atoms with Crippen LogP contribution in [-0.2, 0) is 25.7 Å². The molecule has 0 radical (unpaired) electrons. The molecule has 5 heteroatoms. The standard InChI is InChI=1S/C17H18N2O2S/c20-17(19-22-15-8-3-9-21-15)18-16-13-6-1-4-11(13)10-12-5-2-7-14(12)16/h3,8-10H,1-2,4-7H2,(H2,18,19,20). The zero-order valence-electron chi connectivity index (χ0n) is 12.3. The van der Waals surface area contributed by atoms with Crippen molar-refractivity contribution in [1.82, 2.24) is 4.72 Å². The van der Waals surface area contributed by atoms with Crippen LogP contribution in [0.2, 0.25) is 0 Å². The third-order valence-corrected chi connectivity index (χ3v) is 5.17. The van der Waals surface area contributed by atoms with Gasteiger partial charge in [-0.15, -0.1) is 0 Å². The van der Waals surface area contributed by atoms with Crippen LogP contribution in [0.3, 0.4) is 0 Å². The highest BCUT2D eigenvalue weighted by Gasteiger charge is 2.24. The second-order valence-electron chi connectivity index (χ2n) is 5.82. The summed E-state index contributed by atoms with van der Waals surface area (Å²) < 4.78 is 7.99. The van der Waals surface area contributed by atoms with Crippen LogP contribution in [0.15, 0.2) is 34.0 Å². The van der Waals surface area contributed by atoms with E-state index in [9.17, 15) is 4.79 Å². The molecule has 0 saturated carbocycles. The number of fused-ring (bicyclic) bond motifs is 2. The number of amides is 2. The van der Waals surface area contributed by atoms with Gasteiger partial charge in [-0.1, -0.05) is 6.07 Å². The molecule has 2 aromatic rings. The molecule has 4 rings (SSSR count). The summed E-state index contributed by atoms with van der Waals surface area (Å²) in [6, 6.07) is 5.81. The van der Waals surface area contributed by atoms with Crippen molar-refractivity contribution in [3.63, 3.8) is 0 Å². The van der Waals surface area contributed by atoms with Gasteiger partial charge < -0.3 is 9.73 Å². The second kappa shape index (κ2) is 5.72. The minimum absolute atomic E-state index is 0.184. The fourth-order valence-corrected chi connectivity index (χ4v) is 4.02. The van der Waals surface area contributed by atoms with Gasteiger partial charge in [0.05, 0.1) is 6.26 Å². The third kappa shape index (κ3) is 2.50. The summed E-state index contributed by atoms with van der Waals surface area (Å²) in [7, 11) is 0. The molecule has 2 N–H and O–H groups in total. The molecule has 1 aromatic heterocycles. The predicted molar refractivity (Wildman–Crippen MR) is 87.2 cm³/mol. The molecule has 22 heavy (non-hydrogen) atoms. The molecule has 114 valence electrons. The first kappa shape index (κ1) is 13.8. The van der Waals surface area contributed by atoms with Crippen molar-refractivity contribution in [3.8, 4) is 0 Å². The molecule has 0 unspecified atom stereocenters. The highest BCUT2D eigenvalue weighted by molar-refractivity contribution is 7.97. The number of aryl methyl sites for hydroxylation is 2. The first-order chi connectivity index (χ1) is 10.8. The van der Waals surface area contributed by atoms with Crippen LogP contribution in [-0.4, -0.2) is 6.03 Å². The first-order valence-corrected chi connectivity index (χ1v) is 8.57. The van der Waals surface area contributed by atoms with Gasteiger partial charge in [0.2, 0.25) is 0 Å². The normalized spacial score (nSPS) is 15.5. The van der Waals surface area contributed by atoms with Crippen molar-refractivity contribution >= 4 is 23.7 Å². The van der Waals surface area contributed by atoms with Gasteiger partial charge in [0.1, 0.15) is 0 Å². The van der Waals surface area contributed by atoms with Crippen LogP contribution >= 0.6 is 11.9 Å². The average Bonchev–Trinajstić information content (AvgIpc) is 3.25. The fourth-order valence-electron chi connectivity index (χ4n) is 3.52. The summed E-state index contributed by atoms with van der Waals surface area (Å²) in [6.45, 7) is 0. The molecule has 4 nitrogen and oxygen atoms in total. The summed E-state index contributed by atoms with van der Waals surface area (Å²) in [6.07, 6.45) is 8.40. The third-order valence-electron chi connectivity index (χ3n) is 4.45. The Morgan fingerprint density at radius 3 is 2.45 bits per heavy atom. The lowest BCUT2D eigenvalue weighted by Crippen LogP contribution is -2.24. The van der Waals surface area contributed by atoms with E-state index in [0.29, 0.717) is 5.09 Å². The molecule has 0 spiro atoms. The molecule has 2 amide bonds. The number of hydrogen-bond acceptors (Lipinski definition) is 3. The predicted octanol–water partition coefficient (Wildman–Crippen LogP) is 4.09. The topological polar surface area (TPSA) is 54.3 Å². The maximum atomic E-state index is 12.2. The van der Waals surface area contributed by atoms with Crippen molar-refractivity contribution in [2.45, 2.75) is 43.6 Å². The van der Waals surface area contributed by atoms with Crippen LogP contribution in [0, 0.1) is 0 Å². The minimum atomic E-state index is -0.184. The summed E-state index contributed by atoms with van der Waals surface area (Å²) in [4.78, 5) is 12.2. The number of carbonyl (C=O) groups is 1. The van der Waals surface area contributed by atoms with Gasteiger partial charge in [-0.3, -0.25) is 4.72 Å². The molecule has 0 atom stereocenters. The van der Waals surface area contributed by atoms with Crippen molar-refractivity contribution < 1.29 is 9.21 Å². The van der Waals surface area contributed by atoms with Crippen molar-refractivity contribution in [3.05, 3.63) is 46.7 Å². The van der Waals surface area contributed by atoms with Gasteiger partial charge in [0.25, 0.3) is 0 Å². The zero-order valence-corrected chi connectivity index (χ0v) is 13.1. The lowest BCUT2D eigenvalue weighted by Gasteiger charge is -2.16. The Labute approximate surface area is 133 Å². The Kier molecular flexibility index (Phi) is 3.58. The molecule has 2 aliphatic carbocycles. The average molecular weight is 314 g/mol. The van der Waals surface area contributed by atoms with E-state index in [1.54, 1.807) is 12.3 Å². The molecule has 0 bridgehead atoms. The van der Waals surface area contributed by atoms with Crippen LogP contribution in [0.4, 0.5) is 10.5 Å². The number of hydrogen-bond donors (Lipinski definition) is 2. The summed E-state index contributed by atoms with van der Waals surface area (Å²) in [5.41, 5.74) is 6.61. The Hall–Kier alpha value is -1.88. The van der Waals surface area contributed by atoms with Gasteiger partial charge in [0, 0.05) is 17.6 Å². The lowest BCUT2D eigenvalue weighted by molar-refractivity contribution is 0.257. The Balaban J connectivity index is 1.54. The molecule has 1 heterocycles. The highest BCUT2D eigenvalue weighted by atomic mass is 32.2. The maximum Gasteiger partial charge on any atom is 0.329 e. The van der Waals surface area contributed by atoms with Crippen molar-refractivity contribution in [2.75, 3.05) is 5.32 Å². The largest absolute Gasteiger partial charge is 0.456 e. The van der Waals surface area contributed by atoms with Crippen LogP contribution in [0.5, 0.6) is 0 Å². The van der Waals surface area contributed by atoms with Gasteiger partial charge in [0.15, 0.2) is 5.09 Å². The van der Waals surface area contributed by atoms with Crippen molar-refractivity contribution in [2.24, 2.45) is 0 Å². The van der Waals surface area contributed by atoms with E-state index < -0.39 is 0 Å². The van der Waals surface area contributed by atoms with E-state index >= 15 is 0 Å². The molecular formula is C17H18N2O2S. The maximum absolute atomic E-state index is 12.2. The molecule has 2 aliphatic rings. The number of carbonyl (C=O) groups excluding carboxylic acids is 1. The number of benzene rings is 1. The Morgan fingerprint density at radius 2 is 1.82 bits per heavy atom. The molecule has 0 saturated heterocycles. The first-order valence-electron chi connectivity index (χ1n) is 7.75. The molecular weight excluding hydrogens is 296 g/mol. The SMILES string of the molecule is O=C(NSc1ccco1)Nc1c2c(cc3c1CCC3)CCC2. The van der Waals surface area contributed by atoms with Gasteiger partial charge in [-0.2, -0.15) is 0 Å². The van der Waals surface area contributed by atoms with Gasteiger partial charge >= 0.3 is 6.03 Å². The van der Waals surface area contributed by atoms with E-state index in [-0.39, 0.29) is 6.03 Å². The van der Waals surface area contributed by atoms with Crippen LogP contribution in [0.25, 0.3) is 0 Å². The van der Waals surface area contributed by atoms with Gasteiger partial charge in [-0.25, -0.2) is 4.79 Å². The smallest absolute Gasteiger partial charge is 0.329 e. The number of nitrogens with one attached hydrogen (secondary N) is 2. The summed E-state index contributed by atoms with van der Waals surface area (Å²) in [5.74, 6) is 0. The minimum Gasteiger partial charge on any atom is -0.456 e. The summed E-state index contributed by atoms with van der Waals surface area (Å²) >= 11 is 1.19. The van der Waals surface area contributed by atoms with Gasteiger partial charge in [-0.05, 0) is 72.9 Å². The lowest BCUT2D eigenvalue weighted by atomic mass is 9.99. The van der Waals surface area contributed by atoms with E-state index in [1.807, 2.05) is 6.07 Å². The summed E-state index contributed by atoms with van der Waals surface area (Å²) in [5, 5.41) is 3.77. The number of anilines is 1. The second-order valence-corrected chi connectivity index (χ2v) is 6.63. The fraction of sp³-hybridized carbons (Fsp3) is 0.353. The highest BCUT2D eigenvalue weighted by Crippen LogP contribution is 2.38. The van der Waals surface area contributed by atoms with E-state index in [2.05, 4.69) is 16.1 Å². The Bertz CT molecular complexity index is 678. The van der Waals surface area contributed by atoms with E-state index in [4.69, 9.17) is 4.42 Å². The zero-order chi connectivity index (χ0) is 14.9. The molecule has 1 aromatic carbocycles. The Morgan fingerprint density at radius 1 is 1.09 bits per heavy atom. The number of urea groups is 1. The van der Waals surface area contributed by atoms with Crippen LogP contribution < -0.4 is 10.0 Å².